The van der Waals surface area contributed by atoms with Gasteiger partial charge in [-0.3, -0.25) is 0 Å². The molecule has 0 fully saturated rings. The first-order chi connectivity index (χ1) is 9.06. The Hall–Kier alpha value is -1.28. The van der Waals surface area contributed by atoms with Crippen LogP contribution in [0.25, 0.3) is 5.57 Å². The molecule has 1 aromatic carbocycles. The van der Waals surface area contributed by atoms with Gasteiger partial charge in [0.25, 0.3) is 0 Å². The van der Waals surface area contributed by atoms with E-state index < -0.39 is 6.23 Å². The molecule has 2 heteroatoms. The maximum Gasteiger partial charge on any atom is 0.125 e. The Labute approximate surface area is 115 Å². The van der Waals surface area contributed by atoms with E-state index in [0.29, 0.717) is 0 Å². The van der Waals surface area contributed by atoms with Gasteiger partial charge in [0.15, 0.2) is 0 Å². The maximum absolute atomic E-state index is 9.89. The van der Waals surface area contributed by atoms with Gasteiger partial charge < -0.3 is 10.4 Å². The lowest BCUT2D eigenvalue weighted by atomic mass is 9.76. The van der Waals surface area contributed by atoms with Gasteiger partial charge >= 0.3 is 0 Å². The van der Waals surface area contributed by atoms with Crippen LogP contribution >= 0.6 is 0 Å². The fraction of sp³-hybridized carbons (Fsp3) is 0.529. The summed E-state index contributed by atoms with van der Waals surface area (Å²) >= 11 is 0. The molecule has 1 heterocycles. The van der Waals surface area contributed by atoms with Gasteiger partial charge in [-0.1, -0.05) is 26.0 Å². The maximum atomic E-state index is 9.89. The van der Waals surface area contributed by atoms with Crippen LogP contribution in [-0.4, -0.2) is 11.3 Å². The summed E-state index contributed by atoms with van der Waals surface area (Å²) in [5.74, 6) is 0. The van der Waals surface area contributed by atoms with Crippen LogP contribution in [-0.2, 0) is 5.41 Å². The molecule has 2 aliphatic rings. The van der Waals surface area contributed by atoms with Crippen molar-refractivity contribution in [1.82, 2.24) is 0 Å². The summed E-state index contributed by atoms with van der Waals surface area (Å²) in [6.45, 7) is 4.43. The van der Waals surface area contributed by atoms with E-state index in [1.54, 1.807) is 0 Å². The normalized spacial score (nSPS) is 25.2. The number of allylic oxidation sites excluding steroid dienone is 2. The highest BCUT2D eigenvalue weighted by Gasteiger charge is 2.32. The summed E-state index contributed by atoms with van der Waals surface area (Å²) in [6.07, 6.45) is 7.78. The highest BCUT2D eigenvalue weighted by atomic mass is 16.3. The van der Waals surface area contributed by atoms with E-state index >= 15 is 0 Å². The predicted molar refractivity (Wildman–Crippen MR) is 80.2 cm³/mol. The van der Waals surface area contributed by atoms with E-state index in [1.807, 2.05) is 0 Å². The van der Waals surface area contributed by atoms with Crippen LogP contribution in [0, 0.1) is 0 Å². The molecular formula is C17H23NO. The minimum atomic E-state index is -0.428. The molecule has 0 saturated carbocycles. The number of aliphatic hydroxyl groups is 1. The molecule has 2 N–H and O–H groups in total. The number of nitrogens with one attached hydrogen (secondary N) is 1. The molecule has 0 spiro atoms. The van der Waals surface area contributed by atoms with E-state index in [4.69, 9.17) is 0 Å². The number of benzene rings is 1. The van der Waals surface area contributed by atoms with Crippen molar-refractivity contribution in [2.75, 3.05) is 5.32 Å². The van der Waals surface area contributed by atoms with Crippen molar-refractivity contribution < 1.29 is 5.11 Å². The summed E-state index contributed by atoms with van der Waals surface area (Å²) in [5, 5.41) is 13.1. The molecule has 1 aliphatic heterocycles. The lowest BCUT2D eigenvalue weighted by Crippen LogP contribution is -2.35. The third kappa shape index (κ3) is 2.42. The smallest absolute Gasteiger partial charge is 0.125 e. The molecule has 3 rings (SSSR count). The zero-order chi connectivity index (χ0) is 13.5. The summed E-state index contributed by atoms with van der Waals surface area (Å²) in [5.41, 5.74) is 5.32. The zero-order valence-electron chi connectivity index (χ0n) is 11.9. The average Bonchev–Trinajstić information content (AvgIpc) is 2.38. The molecular weight excluding hydrogens is 234 g/mol. The number of anilines is 1. The van der Waals surface area contributed by atoms with Crippen molar-refractivity contribution in [1.29, 1.82) is 0 Å². The number of fused-ring (bicyclic) bond motifs is 1. The number of rotatable bonds is 1. The van der Waals surface area contributed by atoms with Crippen LogP contribution in [0.15, 0.2) is 24.3 Å². The lowest BCUT2D eigenvalue weighted by molar-refractivity contribution is 0.157. The lowest BCUT2D eigenvalue weighted by Gasteiger charge is -2.37. The van der Waals surface area contributed by atoms with E-state index in [1.165, 1.54) is 42.4 Å². The Bertz CT molecular complexity index is 516. The van der Waals surface area contributed by atoms with Crippen molar-refractivity contribution in [3.05, 3.63) is 35.4 Å². The molecule has 0 bridgehead atoms. The van der Waals surface area contributed by atoms with E-state index in [0.717, 1.165) is 12.1 Å². The van der Waals surface area contributed by atoms with Crippen molar-refractivity contribution in [3.8, 4) is 0 Å². The standard InChI is InChI=1S/C17H23NO/c1-17(2)11-16(19)18-15-9-8-13(10-14(15)17)12-6-4-3-5-7-12/h6,8-10,16,18-19H,3-5,7,11H2,1-2H3. The Morgan fingerprint density at radius 3 is 2.84 bits per heavy atom. The molecule has 1 aliphatic carbocycles. The average molecular weight is 257 g/mol. The number of aliphatic hydroxyl groups excluding tert-OH is 1. The van der Waals surface area contributed by atoms with Gasteiger partial charge in [0, 0.05) is 12.1 Å². The topological polar surface area (TPSA) is 32.3 Å². The first-order valence-electron chi connectivity index (χ1n) is 7.35. The van der Waals surface area contributed by atoms with Gasteiger partial charge in [0.1, 0.15) is 6.23 Å². The van der Waals surface area contributed by atoms with Gasteiger partial charge in [-0.05, 0) is 59.9 Å². The first kappa shape index (κ1) is 12.7. The van der Waals surface area contributed by atoms with Crippen LogP contribution in [0.4, 0.5) is 5.69 Å². The van der Waals surface area contributed by atoms with Crippen LogP contribution in [0.1, 0.15) is 57.1 Å². The Balaban J connectivity index is 2.01. The largest absolute Gasteiger partial charge is 0.374 e. The highest BCUT2D eigenvalue weighted by molar-refractivity contribution is 5.71. The minimum absolute atomic E-state index is 0.0330. The minimum Gasteiger partial charge on any atom is -0.374 e. The highest BCUT2D eigenvalue weighted by Crippen LogP contribution is 2.40. The SMILES string of the molecule is CC1(C)CC(O)Nc2ccc(C3=CCCCC3)cc21. The monoisotopic (exact) mass is 257 g/mol. The molecule has 1 unspecified atom stereocenters. The van der Waals surface area contributed by atoms with Crippen molar-refractivity contribution in [2.24, 2.45) is 0 Å². The second-order valence-corrected chi connectivity index (χ2v) is 6.48. The quantitative estimate of drug-likeness (QED) is 0.795. The van der Waals surface area contributed by atoms with Gasteiger partial charge in [-0.15, -0.1) is 0 Å². The van der Waals surface area contributed by atoms with Crippen LogP contribution < -0.4 is 5.32 Å². The second kappa shape index (κ2) is 4.68. The summed E-state index contributed by atoms with van der Waals surface area (Å²) in [7, 11) is 0. The van der Waals surface area contributed by atoms with Gasteiger partial charge in [-0.2, -0.15) is 0 Å². The molecule has 19 heavy (non-hydrogen) atoms. The second-order valence-electron chi connectivity index (χ2n) is 6.48. The molecule has 0 amide bonds. The summed E-state index contributed by atoms with van der Waals surface area (Å²) < 4.78 is 0. The molecule has 2 nitrogen and oxygen atoms in total. The van der Waals surface area contributed by atoms with Gasteiger partial charge in [-0.25, -0.2) is 0 Å². The van der Waals surface area contributed by atoms with Gasteiger partial charge in [0.2, 0.25) is 0 Å². The van der Waals surface area contributed by atoms with E-state index in [2.05, 4.69) is 43.4 Å². The molecule has 1 aromatic rings. The van der Waals surface area contributed by atoms with Crippen LogP contribution in [0.2, 0.25) is 0 Å². The predicted octanol–water partition coefficient (Wildman–Crippen LogP) is 4.06. The van der Waals surface area contributed by atoms with Crippen molar-refractivity contribution >= 4 is 11.3 Å². The Morgan fingerprint density at radius 2 is 2.11 bits per heavy atom. The van der Waals surface area contributed by atoms with E-state index in [-0.39, 0.29) is 5.41 Å². The molecule has 0 saturated heterocycles. The third-order valence-corrected chi connectivity index (χ3v) is 4.44. The summed E-state index contributed by atoms with van der Waals surface area (Å²) in [4.78, 5) is 0. The number of hydrogen-bond donors (Lipinski definition) is 2. The Kier molecular flexibility index (Phi) is 3.14. The molecule has 1 atom stereocenters. The van der Waals surface area contributed by atoms with Crippen LogP contribution in [0.5, 0.6) is 0 Å². The van der Waals surface area contributed by atoms with E-state index in [9.17, 15) is 5.11 Å². The Morgan fingerprint density at radius 1 is 1.26 bits per heavy atom. The first-order valence-corrected chi connectivity index (χ1v) is 7.35. The van der Waals surface area contributed by atoms with Crippen molar-refractivity contribution in [3.63, 3.8) is 0 Å². The fourth-order valence-corrected chi connectivity index (χ4v) is 3.35. The van der Waals surface area contributed by atoms with Crippen molar-refractivity contribution in [2.45, 2.75) is 57.6 Å². The van der Waals surface area contributed by atoms with Crippen LogP contribution in [0.3, 0.4) is 0 Å². The number of hydrogen-bond acceptors (Lipinski definition) is 2. The molecule has 102 valence electrons. The summed E-state index contributed by atoms with van der Waals surface area (Å²) in [6, 6.07) is 6.65. The molecule has 0 aromatic heterocycles. The molecule has 0 radical (unpaired) electrons. The fourth-order valence-electron chi connectivity index (χ4n) is 3.35. The van der Waals surface area contributed by atoms with Gasteiger partial charge in [0.05, 0.1) is 0 Å². The zero-order valence-corrected chi connectivity index (χ0v) is 11.9. The third-order valence-electron chi connectivity index (χ3n) is 4.44.